The maximum Gasteiger partial charge on any atom is 0.0681 e. The quantitative estimate of drug-likeness (QED) is 0.725. The van der Waals surface area contributed by atoms with Crippen molar-refractivity contribution in [1.82, 2.24) is 0 Å². The molecule has 1 nitrogen and oxygen atoms in total. The van der Waals surface area contributed by atoms with Gasteiger partial charge in [0.05, 0.1) is 5.60 Å². The highest BCUT2D eigenvalue weighted by Gasteiger charge is 2.65. The summed E-state index contributed by atoms with van der Waals surface area (Å²) in [6.45, 7) is 7.38. The SMILES string of the molecule is CC1(C)[C@H]2CC[C@]1(C)[C@@H](C1(O)CCCCC1)C2. The third kappa shape index (κ3) is 1.41. The molecule has 2 bridgehead atoms. The topological polar surface area (TPSA) is 20.2 Å². The molecular weight excluding hydrogens is 208 g/mol. The molecule has 3 aliphatic carbocycles. The van der Waals surface area contributed by atoms with E-state index in [1.807, 2.05) is 0 Å². The van der Waals surface area contributed by atoms with Crippen molar-refractivity contribution in [3.63, 3.8) is 0 Å². The summed E-state index contributed by atoms with van der Waals surface area (Å²) in [7, 11) is 0. The van der Waals surface area contributed by atoms with E-state index in [9.17, 15) is 5.11 Å². The van der Waals surface area contributed by atoms with Gasteiger partial charge in [-0.25, -0.2) is 0 Å². The molecule has 3 saturated carbocycles. The average Bonchev–Trinajstić information content (AvgIpc) is 2.62. The Balaban J connectivity index is 1.91. The molecule has 0 aromatic carbocycles. The first-order chi connectivity index (χ1) is 7.90. The van der Waals surface area contributed by atoms with Gasteiger partial charge in [0.1, 0.15) is 0 Å². The Morgan fingerprint density at radius 3 is 2.06 bits per heavy atom. The molecule has 0 radical (unpaired) electrons. The molecule has 1 heteroatoms. The average molecular weight is 236 g/mol. The van der Waals surface area contributed by atoms with Crippen LogP contribution in [0.3, 0.4) is 0 Å². The normalized spacial score (nSPS) is 47.3. The van der Waals surface area contributed by atoms with Crippen LogP contribution in [0.25, 0.3) is 0 Å². The first-order valence-electron chi connectivity index (χ1n) is 7.63. The molecule has 0 amide bonds. The predicted molar refractivity (Wildman–Crippen MR) is 70.8 cm³/mol. The minimum atomic E-state index is -0.320. The van der Waals surface area contributed by atoms with Crippen molar-refractivity contribution < 1.29 is 5.11 Å². The van der Waals surface area contributed by atoms with Gasteiger partial charge < -0.3 is 5.11 Å². The van der Waals surface area contributed by atoms with Crippen molar-refractivity contribution in [1.29, 1.82) is 0 Å². The van der Waals surface area contributed by atoms with E-state index in [0.717, 1.165) is 18.8 Å². The van der Waals surface area contributed by atoms with E-state index in [4.69, 9.17) is 0 Å². The standard InChI is InChI=1S/C16H28O/c1-14(2)12-7-10-15(14,3)13(11-12)16(17)8-5-4-6-9-16/h12-13,17H,4-11H2,1-3H3/t12-,13-,15+/m0/s1. The summed E-state index contributed by atoms with van der Waals surface area (Å²) >= 11 is 0. The summed E-state index contributed by atoms with van der Waals surface area (Å²) in [5.41, 5.74) is 0.522. The molecule has 3 rings (SSSR count). The van der Waals surface area contributed by atoms with Crippen LogP contribution in [-0.4, -0.2) is 10.7 Å². The summed E-state index contributed by atoms with van der Waals surface area (Å²) in [5.74, 6) is 1.44. The van der Waals surface area contributed by atoms with E-state index >= 15 is 0 Å². The first-order valence-corrected chi connectivity index (χ1v) is 7.63. The second kappa shape index (κ2) is 3.50. The van der Waals surface area contributed by atoms with Gasteiger partial charge in [-0.1, -0.05) is 40.0 Å². The Morgan fingerprint density at radius 1 is 0.941 bits per heavy atom. The van der Waals surface area contributed by atoms with Crippen LogP contribution in [0, 0.1) is 22.7 Å². The fourth-order valence-electron chi connectivity index (χ4n) is 5.53. The molecule has 3 aliphatic rings. The molecule has 3 fully saturated rings. The van der Waals surface area contributed by atoms with Gasteiger partial charge in [0, 0.05) is 0 Å². The van der Waals surface area contributed by atoms with Crippen molar-refractivity contribution in [2.75, 3.05) is 0 Å². The van der Waals surface area contributed by atoms with Crippen molar-refractivity contribution >= 4 is 0 Å². The lowest BCUT2D eigenvalue weighted by Gasteiger charge is -2.48. The third-order valence-electron chi connectivity index (χ3n) is 7.16. The van der Waals surface area contributed by atoms with Crippen molar-refractivity contribution in [3.05, 3.63) is 0 Å². The van der Waals surface area contributed by atoms with Crippen LogP contribution in [0.5, 0.6) is 0 Å². The molecule has 98 valence electrons. The highest BCUT2D eigenvalue weighted by atomic mass is 16.3. The summed E-state index contributed by atoms with van der Waals surface area (Å²) in [5, 5.41) is 11.1. The molecule has 0 heterocycles. The maximum absolute atomic E-state index is 11.1. The van der Waals surface area contributed by atoms with Crippen LogP contribution in [0.15, 0.2) is 0 Å². The molecule has 0 unspecified atom stereocenters. The molecule has 1 N–H and O–H groups in total. The molecule has 17 heavy (non-hydrogen) atoms. The Kier molecular flexibility index (Phi) is 2.47. The number of rotatable bonds is 1. The monoisotopic (exact) mass is 236 g/mol. The Morgan fingerprint density at radius 2 is 1.59 bits per heavy atom. The van der Waals surface area contributed by atoms with Crippen LogP contribution in [0.1, 0.15) is 72.1 Å². The van der Waals surface area contributed by atoms with Gasteiger partial charge in [-0.15, -0.1) is 0 Å². The van der Waals surface area contributed by atoms with Crippen LogP contribution in [0.4, 0.5) is 0 Å². The number of hydrogen-bond donors (Lipinski definition) is 1. The predicted octanol–water partition coefficient (Wildman–Crippen LogP) is 4.14. The lowest BCUT2D eigenvalue weighted by atomic mass is 9.59. The van der Waals surface area contributed by atoms with E-state index in [2.05, 4.69) is 20.8 Å². The third-order valence-corrected chi connectivity index (χ3v) is 7.16. The van der Waals surface area contributed by atoms with E-state index in [1.54, 1.807) is 0 Å². The smallest absolute Gasteiger partial charge is 0.0681 e. The fraction of sp³-hybridized carbons (Fsp3) is 1.00. The maximum atomic E-state index is 11.1. The lowest BCUT2D eigenvalue weighted by molar-refractivity contribution is -0.102. The van der Waals surface area contributed by atoms with Gasteiger partial charge in [0.15, 0.2) is 0 Å². The molecule has 0 saturated heterocycles. The summed E-state index contributed by atoms with van der Waals surface area (Å²) in [4.78, 5) is 0. The Bertz CT molecular complexity index is 313. The first kappa shape index (κ1) is 12.0. The van der Waals surface area contributed by atoms with E-state index in [1.165, 1.54) is 38.5 Å². The minimum absolute atomic E-state index is 0.320. The highest BCUT2D eigenvalue weighted by Crippen LogP contribution is 2.71. The zero-order valence-electron chi connectivity index (χ0n) is 11.8. The van der Waals surface area contributed by atoms with Crippen LogP contribution >= 0.6 is 0 Å². The number of hydrogen-bond acceptors (Lipinski definition) is 1. The molecule has 3 atom stereocenters. The van der Waals surface area contributed by atoms with Gasteiger partial charge in [0.2, 0.25) is 0 Å². The van der Waals surface area contributed by atoms with Crippen molar-refractivity contribution in [2.45, 2.75) is 77.7 Å². The van der Waals surface area contributed by atoms with E-state index in [0.29, 0.717) is 16.7 Å². The molecule has 0 aromatic heterocycles. The molecule has 0 aliphatic heterocycles. The largest absolute Gasteiger partial charge is 0.390 e. The van der Waals surface area contributed by atoms with E-state index < -0.39 is 0 Å². The van der Waals surface area contributed by atoms with Crippen LogP contribution in [-0.2, 0) is 0 Å². The summed E-state index contributed by atoms with van der Waals surface area (Å²) in [6, 6.07) is 0. The summed E-state index contributed by atoms with van der Waals surface area (Å²) < 4.78 is 0. The van der Waals surface area contributed by atoms with Gasteiger partial charge >= 0.3 is 0 Å². The van der Waals surface area contributed by atoms with Gasteiger partial charge in [0.25, 0.3) is 0 Å². The molecule has 0 aromatic rings. The van der Waals surface area contributed by atoms with Crippen molar-refractivity contribution in [3.8, 4) is 0 Å². The van der Waals surface area contributed by atoms with Gasteiger partial charge in [-0.3, -0.25) is 0 Å². The molecule has 0 spiro atoms. The number of aliphatic hydroxyl groups is 1. The number of fused-ring (bicyclic) bond motifs is 2. The zero-order valence-corrected chi connectivity index (χ0v) is 11.8. The lowest BCUT2D eigenvalue weighted by Crippen LogP contribution is -2.48. The van der Waals surface area contributed by atoms with Gasteiger partial charge in [-0.2, -0.15) is 0 Å². The second-order valence-electron chi connectivity index (χ2n) is 7.83. The van der Waals surface area contributed by atoms with Crippen LogP contribution in [0.2, 0.25) is 0 Å². The summed E-state index contributed by atoms with van der Waals surface area (Å²) in [6.07, 6.45) is 9.99. The highest BCUT2D eigenvalue weighted by molar-refractivity contribution is 5.14. The second-order valence-corrected chi connectivity index (χ2v) is 7.83. The molecular formula is C16H28O. The van der Waals surface area contributed by atoms with Gasteiger partial charge in [-0.05, 0) is 54.8 Å². The van der Waals surface area contributed by atoms with Crippen molar-refractivity contribution in [2.24, 2.45) is 22.7 Å². The Labute approximate surface area is 106 Å². The van der Waals surface area contributed by atoms with Crippen LogP contribution < -0.4 is 0 Å². The Hall–Kier alpha value is -0.0400. The minimum Gasteiger partial charge on any atom is -0.390 e. The van der Waals surface area contributed by atoms with E-state index in [-0.39, 0.29) is 5.60 Å². The fourth-order valence-corrected chi connectivity index (χ4v) is 5.53. The zero-order chi connectivity index (χ0) is 12.3.